The number of nitrogen functional groups attached to an aromatic ring is 1. The van der Waals surface area contributed by atoms with E-state index in [4.69, 9.17) is 17.3 Å². The molecule has 2 aromatic rings. The van der Waals surface area contributed by atoms with Crippen LogP contribution in [0.1, 0.15) is 6.42 Å². The van der Waals surface area contributed by atoms with Gasteiger partial charge in [0, 0.05) is 33.1 Å². The first kappa shape index (κ1) is 13.6. The largest absolute Gasteiger partial charge is 0.369 e. The summed E-state index contributed by atoms with van der Waals surface area (Å²) < 4.78 is 15.0. The van der Waals surface area contributed by atoms with Crippen molar-refractivity contribution in [2.24, 2.45) is 0 Å². The first-order valence-corrected chi connectivity index (χ1v) is 6.09. The summed E-state index contributed by atoms with van der Waals surface area (Å²) in [7, 11) is 3.37. The zero-order chi connectivity index (χ0) is 14.2. The van der Waals surface area contributed by atoms with Crippen LogP contribution in [0.4, 0.5) is 10.3 Å². The number of benzene rings is 1. The SMILES string of the molecule is CN(C)C(=O)CCn1c(N)nc2cc(F)c(Cl)cc21. The molecule has 0 aliphatic carbocycles. The maximum Gasteiger partial charge on any atom is 0.223 e. The van der Waals surface area contributed by atoms with Gasteiger partial charge >= 0.3 is 0 Å². The summed E-state index contributed by atoms with van der Waals surface area (Å²) in [4.78, 5) is 17.1. The summed E-state index contributed by atoms with van der Waals surface area (Å²) in [5, 5.41) is 0.00702. The Bertz CT molecular complexity index is 638. The molecule has 0 saturated carbocycles. The van der Waals surface area contributed by atoms with Crippen LogP contribution in [0.5, 0.6) is 0 Å². The monoisotopic (exact) mass is 284 g/mol. The van der Waals surface area contributed by atoms with E-state index in [1.807, 2.05) is 0 Å². The third-order valence-corrected chi connectivity index (χ3v) is 3.16. The second kappa shape index (κ2) is 5.05. The van der Waals surface area contributed by atoms with Crippen molar-refractivity contribution >= 4 is 34.5 Å². The standard InChI is InChI=1S/C12H14ClFN4O/c1-17(2)11(19)3-4-18-10-5-7(13)8(14)6-9(10)16-12(18)15/h5-6H,3-4H2,1-2H3,(H2,15,16). The van der Waals surface area contributed by atoms with E-state index in [9.17, 15) is 9.18 Å². The van der Waals surface area contributed by atoms with Gasteiger partial charge in [-0.3, -0.25) is 4.79 Å². The van der Waals surface area contributed by atoms with Crippen molar-refractivity contribution in [3.8, 4) is 0 Å². The van der Waals surface area contributed by atoms with Gasteiger partial charge < -0.3 is 15.2 Å². The lowest BCUT2D eigenvalue weighted by Gasteiger charge is -2.11. The van der Waals surface area contributed by atoms with E-state index in [0.717, 1.165) is 0 Å². The average Bonchev–Trinajstić information content (AvgIpc) is 2.62. The Balaban J connectivity index is 2.35. The Morgan fingerprint density at radius 3 is 2.84 bits per heavy atom. The number of aromatic nitrogens is 2. The molecule has 0 unspecified atom stereocenters. The lowest BCUT2D eigenvalue weighted by Crippen LogP contribution is -2.23. The number of imidazole rings is 1. The highest BCUT2D eigenvalue weighted by molar-refractivity contribution is 6.31. The summed E-state index contributed by atoms with van der Waals surface area (Å²) in [5.41, 5.74) is 6.83. The van der Waals surface area contributed by atoms with Gasteiger partial charge in [0.2, 0.25) is 11.9 Å². The van der Waals surface area contributed by atoms with E-state index in [2.05, 4.69) is 4.98 Å². The van der Waals surface area contributed by atoms with E-state index in [-0.39, 0.29) is 23.3 Å². The molecule has 0 aliphatic rings. The summed E-state index contributed by atoms with van der Waals surface area (Å²) in [6.45, 7) is 0.376. The summed E-state index contributed by atoms with van der Waals surface area (Å²) in [5.74, 6) is -0.319. The van der Waals surface area contributed by atoms with Gasteiger partial charge in [0.1, 0.15) is 5.82 Å². The molecule has 0 atom stereocenters. The van der Waals surface area contributed by atoms with Crippen molar-refractivity contribution in [1.82, 2.24) is 14.5 Å². The van der Waals surface area contributed by atoms with E-state index in [1.165, 1.54) is 17.0 Å². The van der Waals surface area contributed by atoms with Crippen LogP contribution >= 0.6 is 11.6 Å². The summed E-state index contributed by atoms with van der Waals surface area (Å²) in [6.07, 6.45) is 0.289. The quantitative estimate of drug-likeness (QED) is 0.936. The van der Waals surface area contributed by atoms with E-state index >= 15 is 0 Å². The molecule has 0 radical (unpaired) electrons. The molecule has 102 valence electrons. The van der Waals surface area contributed by atoms with Crippen LogP contribution < -0.4 is 5.73 Å². The number of nitrogens with two attached hydrogens (primary N) is 1. The van der Waals surface area contributed by atoms with E-state index < -0.39 is 5.82 Å². The average molecular weight is 285 g/mol. The van der Waals surface area contributed by atoms with Crippen LogP contribution in [0, 0.1) is 5.82 Å². The Hall–Kier alpha value is -1.82. The number of carbonyl (C=O) groups excluding carboxylic acids is 1. The number of rotatable bonds is 3. The topological polar surface area (TPSA) is 64.2 Å². The molecule has 0 spiro atoms. The maximum absolute atomic E-state index is 13.3. The molecular weight excluding hydrogens is 271 g/mol. The molecule has 19 heavy (non-hydrogen) atoms. The number of hydrogen-bond acceptors (Lipinski definition) is 3. The first-order chi connectivity index (χ1) is 8.90. The molecule has 1 amide bonds. The minimum absolute atomic E-state index is 0.00702. The third-order valence-electron chi connectivity index (χ3n) is 2.87. The van der Waals surface area contributed by atoms with Crippen LogP contribution in [0.2, 0.25) is 5.02 Å². The highest BCUT2D eigenvalue weighted by Crippen LogP contribution is 2.25. The summed E-state index contributed by atoms with van der Waals surface area (Å²) in [6, 6.07) is 2.70. The van der Waals surface area contributed by atoms with E-state index in [0.29, 0.717) is 17.6 Å². The Kier molecular flexibility index (Phi) is 3.61. The fourth-order valence-corrected chi connectivity index (χ4v) is 1.96. The van der Waals surface area contributed by atoms with Crippen molar-refractivity contribution in [2.75, 3.05) is 19.8 Å². The van der Waals surface area contributed by atoms with Crippen LogP contribution in [0.25, 0.3) is 11.0 Å². The molecule has 2 rings (SSSR count). The van der Waals surface area contributed by atoms with Crippen molar-refractivity contribution in [3.63, 3.8) is 0 Å². The fourth-order valence-electron chi connectivity index (χ4n) is 1.80. The molecule has 1 heterocycles. The zero-order valence-electron chi connectivity index (χ0n) is 10.7. The maximum atomic E-state index is 13.3. The normalized spacial score (nSPS) is 10.9. The number of amides is 1. The van der Waals surface area contributed by atoms with E-state index in [1.54, 1.807) is 18.7 Å². The highest BCUT2D eigenvalue weighted by Gasteiger charge is 2.13. The minimum Gasteiger partial charge on any atom is -0.369 e. The Morgan fingerprint density at radius 2 is 2.21 bits per heavy atom. The second-order valence-electron chi connectivity index (χ2n) is 4.41. The minimum atomic E-state index is -0.539. The Labute approximate surface area is 114 Å². The molecule has 0 saturated heterocycles. The smallest absolute Gasteiger partial charge is 0.223 e. The molecular formula is C12H14ClFN4O. The molecule has 0 bridgehead atoms. The number of anilines is 1. The van der Waals surface area contributed by atoms with Crippen molar-refractivity contribution < 1.29 is 9.18 Å². The van der Waals surface area contributed by atoms with Gasteiger partial charge in [0.25, 0.3) is 0 Å². The van der Waals surface area contributed by atoms with Crippen molar-refractivity contribution in [2.45, 2.75) is 13.0 Å². The van der Waals surface area contributed by atoms with Gasteiger partial charge in [0.15, 0.2) is 0 Å². The zero-order valence-corrected chi connectivity index (χ0v) is 11.4. The molecule has 2 N–H and O–H groups in total. The van der Waals surface area contributed by atoms with Gasteiger partial charge in [0.05, 0.1) is 16.1 Å². The van der Waals surface area contributed by atoms with Crippen molar-refractivity contribution in [3.05, 3.63) is 23.0 Å². The number of fused-ring (bicyclic) bond motifs is 1. The molecule has 0 aliphatic heterocycles. The van der Waals surface area contributed by atoms with Crippen LogP contribution in [-0.2, 0) is 11.3 Å². The number of hydrogen-bond donors (Lipinski definition) is 1. The number of aryl methyl sites for hydroxylation is 1. The lowest BCUT2D eigenvalue weighted by atomic mass is 10.3. The van der Waals surface area contributed by atoms with Gasteiger partial charge in [-0.25, -0.2) is 9.37 Å². The summed E-state index contributed by atoms with van der Waals surface area (Å²) >= 11 is 5.75. The molecule has 1 aromatic carbocycles. The van der Waals surface area contributed by atoms with Gasteiger partial charge in [-0.2, -0.15) is 0 Å². The van der Waals surface area contributed by atoms with Crippen molar-refractivity contribution in [1.29, 1.82) is 0 Å². The number of carbonyl (C=O) groups is 1. The molecule has 1 aromatic heterocycles. The fraction of sp³-hybridized carbons (Fsp3) is 0.333. The highest BCUT2D eigenvalue weighted by atomic mass is 35.5. The first-order valence-electron chi connectivity index (χ1n) is 5.71. The number of nitrogens with zero attached hydrogens (tertiary/aromatic N) is 3. The van der Waals surface area contributed by atoms with Crippen LogP contribution in [0.15, 0.2) is 12.1 Å². The van der Waals surface area contributed by atoms with Gasteiger partial charge in [-0.15, -0.1) is 0 Å². The van der Waals surface area contributed by atoms with Gasteiger partial charge in [-0.1, -0.05) is 11.6 Å². The molecule has 0 fully saturated rings. The number of halogens is 2. The molecule has 7 heteroatoms. The lowest BCUT2D eigenvalue weighted by molar-refractivity contribution is -0.128. The van der Waals surface area contributed by atoms with Crippen LogP contribution in [0.3, 0.4) is 0 Å². The predicted molar refractivity (Wildman–Crippen MR) is 72.4 cm³/mol. The Morgan fingerprint density at radius 1 is 1.53 bits per heavy atom. The molecule has 5 nitrogen and oxygen atoms in total. The second-order valence-corrected chi connectivity index (χ2v) is 4.82. The predicted octanol–water partition coefficient (Wildman–Crippen LogP) is 1.89. The third kappa shape index (κ3) is 2.63. The van der Waals surface area contributed by atoms with Gasteiger partial charge in [-0.05, 0) is 6.07 Å². The van der Waals surface area contributed by atoms with Crippen LogP contribution in [-0.4, -0.2) is 34.5 Å².